The number of fused-ring (bicyclic) bond motifs is 5. The Hall–Kier alpha value is -3.25. The molecule has 5 aromatic carbocycles. The number of carbonyl (C=O) groups excluding carboxylic acids is 6. The molecule has 9 N–H and O–H groups in total. The van der Waals surface area contributed by atoms with Crippen LogP contribution in [0.5, 0.6) is 28.7 Å². The molecule has 0 saturated heterocycles. The molecule has 0 fully saturated rings. The van der Waals surface area contributed by atoms with Crippen molar-refractivity contribution < 1.29 is 126 Å². The molecule has 1 radical (unpaired) electrons. The van der Waals surface area contributed by atoms with Crippen LogP contribution in [-0.4, -0.2) is 134 Å². The molecule has 5 heterocycles. The molecule has 1 unspecified atom stereocenters. The number of alkyl halides is 6. The Balaban J connectivity index is -0.000000108. The van der Waals surface area contributed by atoms with E-state index in [-0.39, 0.29) is 137 Å². The second-order valence-corrected chi connectivity index (χ2v) is 38.5. The zero-order valence-electron chi connectivity index (χ0n) is 64.9. The van der Waals surface area contributed by atoms with Gasteiger partial charge in [0.2, 0.25) is 11.6 Å². The second-order valence-electron chi connectivity index (χ2n) is 17.0. The van der Waals surface area contributed by atoms with Crippen molar-refractivity contribution >= 4 is 222 Å². The number of furan rings is 1. The quantitative estimate of drug-likeness (QED) is 0.0146. The minimum atomic E-state index is -1.09. The normalized spacial score (nSPS) is 11.3. The number of rotatable bonds is 6. The zero-order valence-corrected chi connectivity index (χ0v) is 83.0. The predicted molar refractivity (Wildman–Crippen MR) is 491 cm³/mol. The van der Waals surface area contributed by atoms with Crippen LogP contribution >= 0.6 is 158 Å². The number of carboxylic acids is 2. The molecule has 6 aromatic rings. The number of carbonyl (C=O) groups is 8. The van der Waals surface area contributed by atoms with Crippen molar-refractivity contribution in [3.05, 3.63) is 159 Å². The molecule has 0 saturated carbocycles. The van der Waals surface area contributed by atoms with Gasteiger partial charge in [0.1, 0.15) is 58.7 Å². The molecule has 4 aliphatic rings. The van der Waals surface area contributed by atoms with Crippen molar-refractivity contribution in [3.63, 3.8) is 0 Å². The van der Waals surface area contributed by atoms with Gasteiger partial charge in [-0.2, -0.15) is 6.92 Å². The Labute approximate surface area is 758 Å². The van der Waals surface area contributed by atoms with E-state index in [0.29, 0.717) is 67.8 Å². The number of aliphatic hydroxyl groups excluding tert-OH is 1. The number of aromatic carboxylic acids is 2. The molecule has 107 heavy (non-hydrogen) atoms. The van der Waals surface area contributed by atoms with Gasteiger partial charge in [0.15, 0.2) is 24.5 Å². The second kappa shape index (κ2) is 79.4. The number of para-hydroxylation sites is 5. The van der Waals surface area contributed by atoms with Gasteiger partial charge in [-0.3, -0.25) is 33.2 Å². The number of ketones is 2. The van der Waals surface area contributed by atoms with Crippen LogP contribution in [0.1, 0.15) is 229 Å². The number of nitrogens with one attached hydrogen (secondary N) is 3. The molecule has 32 heteroatoms. The first-order chi connectivity index (χ1) is 49.1. The van der Waals surface area contributed by atoms with Crippen LogP contribution in [-0.2, 0) is 43.8 Å². The van der Waals surface area contributed by atoms with Crippen LogP contribution < -0.4 is 45.4 Å². The fraction of sp³-hybridized carbons (Fsp3) is 0.427. The number of Topliss-reactive ketones (excluding diaryl/α,β-unsaturated/α-hetero) is 2. The van der Waals surface area contributed by atoms with Gasteiger partial charge in [-0.25, -0.2) is 9.59 Å². The molecule has 0 spiro atoms. The minimum Gasteiger partial charge on any atom is -0.490 e. The van der Waals surface area contributed by atoms with E-state index in [1.807, 2.05) is 120 Å². The number of hydrogen-bond acceptors (Lipinski definition) is 18. The summed E-state index contributed by atoms with van der Waals surface area (Å²) in [6.45, 7) is 38.3. The molecule has 10 rings (SSSR count). The minimum absolute atomic E-state index is 0. The Morgan fingerprint density at radius 2 is 0.916 bits per heavy atom. The van der Waals surface area contributed by atoms with Crippen LogP contribution in [0.3, 0.4) is 0 Å². The summed E-state index contributed by atoms with van der Waals surface area (Å²) >= 11 is 16.2. The first-order valence-electron chi connectivity index (χ1n) is 32.7. The van der Waals surface area contributed by atoms with E-state index in [2.05, 4.69) is 200 Å². The number of aliphatic hydroxyl groups is 1. The van der Waals surface area contributed by atoms with Gasteiger partial charge in [0, 0.05) is 85.3 Å². The molecule has 4 aliphatic heterocycles. The summed E-state index contributed by atoms with van der Waals surface area (Å²) in [5.41, 5.74) is 10.4. The maximum atomic E-state index is 11.5. The molecule has 0 bridgehead atoms. The topological polar surface area (TPSA) is 351 Å². The summed E-state index contributed by atoms with van der Waals surface area (Å²) in [5.74, 6) is -1.57. The molecule has 1 atom stereocenters. The van der Waals surface area contributed by atoms with E-state index in [1.165, 1.54) is 35.8 Å². The summed E-state index contributed by atoms with van der Waals surface area (Å²) in [5, 5.41) is 44.5. The maximum absolute atomic E-state index is 11.5. The first-order valence-corrected chi connectivity index (χ1v) is 41.2. The predicted octanol–water partition coefficient (Wildman–Crippen LogP) is 20.8. The first kappa shape index (κ1) is 127. The van der Waals surface area contributed by atoms with Gasteiger partial charge in [0.05, 0.1) is 41.2 Å². The summed E-state index contributed by atoms with van der Waals surface area (Å²) in [4.78, 5) is 89.0. The molecule has 1 aromatic heterocycles. The molecular formula is C75H114I7N5O18PdV-2. The van der Waals surface area contributed by atoms with Gasteiger partial charge >= 0.3 is 17.9 Å². The third kappa shape index (κ3) is 50.5. The molecule has 3 amide bonds. The van der Waals surface area contributed by atoms with E-state index in [9.17, 15) is 38.4 Å². The Kier molecular flexibility index (Phi) is 94.5. The zero-order chi connectivity index (χ0) is 81.7. The van der Waals surface area contributed by atoms with Crippen molar-refractivity contribution in [2.24, 2.45) is 10.9 Å². The fourth-order valence-electron chi connectivity index (χ4n) is 7.29. The average molecular weight is 2420 g/mol. The van der Waals surface area contributed by atoms with E-state index in [4.69, 9.17) is 54.4 Å². The number of benzene rings is 5. The van der Waals surface area contributed by atoms with Crippen LogP contribution in [0.4, 0.5) is 0 Å². The number of halogens is 7. The molecule has 0 aliphatic carbocycles. The smallest absolute Gasteiger partial charge is 0.339 e. The van der Waals surface area contributed by atoms with Gasteiger partial charge < -0.3 is 100 Å². The average Bonchev–Trinajstić information content (AvgIpc) is 1.66. The van der Waals surface area contributed by atoms with Gasteiger partial charge in [-0.15, -0.1) is 0 Å². The Morgan fingerprint density at radius 3 is 1.26 bits per heavy atom. The standard InChI is InChI=1S/C11H8O5.C10H10N2O3.C10H12N2O2.C10H9NO3.C9H6O4.C2H3I3.C2H4I2.C2H5I.C2H4I.7C2H6.CH4O.CH4.CH3.Pd.V/c1-6(12)16-9-5-15-10-7(9)3-2-4-8(10)11(13)14;1-11-10(13)7-4-2-3-6-8(12-14)5-15-9(6)7;1-12-10(13)7-4-2-3-6-8(11)5-14-9(6)7;1-11-10(13)7-4-2-3-6-8(12)5-14-9(6)7;10-7-4-13-8-5(7)2-1-3-6(8)9(11)12;1-2(3,4)5;1-2(3)4;2*1-2-3;8*1-2;;;;/h2-5H,1H3,(H,13,14);2-4,14H,5H2,1H3,(H,11,13);2-4,8H,5,11H2,1H3,(H,12,13);2-4H,5H2,1H3,(H,11,13);1-3H,4H2,(H,11,12);1H3;2H,1H3;2H2,1H3;2H,1H3;7*1-2H3;2H,1H3;1H4;1H3;;/q;;;;;;;;-1;;;;;;;;;;-1;;/b;12-8+;;;;;;;;;;;;;;;;;;;. The summed E-state index contributed by atoms with van der Waals surface area (Å²) < 4.78 is 35.1. The Morgan fingerprint density at radius 1 is 0.617 bits per heavy atom. The van der Waals surface area contributed by atoms with Gasteiger partial charge in [0.25, 0.3) is 17.7 Å². The largest absolute Gasteiger partial charge is 0.490 e. The summed E-state index contributed by atoms with van der Waals surface area (Å²) in [6, 6.07) is 24.6. The van der Waals surface area contributed by atoms with E-state index in [1.54, 1.807) is 81.8 Å². The van der Waals surface area contributed by atoms with Gasteiger partial charge in [-0.05, 0) is 72.9 Å². The van der Waals surface area contributed by atoms with E-state index < -0.39 is 17.9 Å². The number of hydrogen-bond donors (Lipinski definition) is 8. The van der Waals surface area contributed by atoms with E-state index in [0.717, 1.165) is 14.6 Å². The van der Waals surface area contributed by atoms with E-state index >= 15 is 0 Å². The molecule has 613 valence electrons. The van der Waals surface area contributed by atoms with Gasteiger partial charge in [-0.1, -0.05) is 288 Å². The SMILES string of the molecule is C.CC.CC.CC.CC.CC.CC.CC.CC(=O)Oc1coc2c(C(=O)O)cccc12.CC(I)(I)I.CC(I)I.CCI.CNC(=O)c1cccc2c1OC/C2=N\O.CNC(=O)c1cccc2c1OCC2=O.CNC(=O)c1cccc2c1OCC2N.CO.C[CH-]I.O=C(O)c1cccc2c1OCC2=O.[CH3-].[Pd].[V]. The van der Waals surface area contributed by atoms with Crippen molar-refractivity contribution in [1.29, 1.82) is 0 Å². The number of esters is 1. The summed E-state index contributed by atoms with van der Waals surface area (Å²) in [7, 11) is 5.69. The number of oxime groups is 1. The van der Waals surface area contributed by atoms with Crippen LogP contribution in [0.2, 0.25) is 0 Å². The number of nitrogens with zero attached hydrogens (tertiary/aromatic N) is 1. The number of carboxylic acid groups (broad SMARTS) is 2. The van der Waals surface area contributed by atoms with Crippen molar-refractivity contribution in [2.75, 3.05) is 59.1 Å². The number of amides is 3. The third-order valence-corrected chi connectivity index (χ3v) is 10.7. The monoisotopic (exact) mass is 2420 g/mol. The Bertz CT molecular complexity index is 3410. The number of ether oxygens (including phenoxy) is 5. The van der Waals surface area contributed by atoms with Crippen LogP contribution in [0, 0.1) is 11.9 Å². The number of nitrogens with two attached hydrogens (primary N) is 1. The molecule has 23 nitrogen and oxygen atoms in total. The van der Waals surface area contributed by atoms with Crippen molar-refractivity contribution in [1.82, 2.24) is 16.0 Å². The maximum Gasteiger partial charge on any atom is 0.339 e. The molecular weight excluding hydrogens is 2300 g/mol. The fourth-order valence-corrected chi connectivity index (χ4v) is 7.29. The third-order valence-electron chi connectivity index (χ3n) is 10.7. The van der Waals surface area contributed by atoms with Crippen LogP contribution in [0.15, 0.2) is 107 Å². The summed E-state index contributed by atoms with van der Waals surface area (Å²) in [6.07, 6.45) is 1.22. The van der Waals surface area contributed by atoms with Crippen molar-refractivity contribution in [2.45, 2.75) is 146 Å². The van der Waals surface area contributed by atoms with Crippen LogP contribution in [0.25, 0.3) is 11.0 Å². The van der Waals surface area contributed by atoms with Crippen molar-refractivity contribution in [3.8, 4) is 28.7 Å².